The van der Waals surface area contributed by atoms with E-state index in [-0.39, 0.29) is 0 Å². The monoisotopic (exact) mass is 270 g/mol. The molecule has 0 amide bonds. The normalized spacial score (nSPS) is 13.2. The van der Waals surface area contributed by atoms with Crippen LogP contribution in [-0.2, 0) is 0 Å². The van der Waals surface area contributed by atoms with Crippen LogP contribution >= 0.6 is 0 Å². The van der Waals surface area contributed by atoms with E-state index in [1.807, 2.05) is 36.6 Å². The first-order valence-corrected chi connectivity index (χ1v) is 7.00. The van der Waals surface area contributed by atoms with E-state index in [4.69, 9.17) is 0 Å². The molecule has 0 saturated carbocycles. The van der Waals surface area contributed by atoms with Crippen LogP contribution < -0.4 is 5.32 Å². The van der Waals surface area contributed by atoms with Crippen molar-refractivity contribution in [3.63, 3.8) is 0 Å². The maximum Gasteiger partial charge on any atom is 0.0864 e. The van der Waals surface area contributed by atoms with Crippen LogP contribution in [0, 0.1) is 0 Å². The first-order chi connectivity index (χ1) is 10.4. The molecule has 0 atom stereocenters. The van der Waals surface area contributed by atoms with Crippen LogP contribution in [0.15, 0.2) is 77.8 Å². The highest BCUT2D eigenvalue weighted by Crippen LogP contribution is 2.30. The topological polar surface area (TPSA) is 24.4 Å². The Morgan fingerprint density at radius 1 is 0.762 bits per heavy atom. The summed E-state index contributed by atoms with van der Waals surface area (Å²) in [6, 6.07) is 23.0. The summed E-state index contributed by atoms with van der Waals surface area (Å²) in [5, 5.41) is 5.97. The summed E-state index contributed by atoms with van der Waals surface area (Å²) < 4.78 is 0. The molecule has 3 aromatic carbocycles. The van der Waals surface area contributed by atoms with Crippen molar-refractivity contribution in [1.29, 1.82) is 0 Å². The van der Waals surface area contributed by atoms with Crippen LogP contribution in [0.1, 0.15) is 5.56 Å². The number of para-hydroxylation sites is 2. The molecule has 0 unspecified atom stereocenters. The Hall–Kier alpha value is -2.87. The van der Waals surface area contributed by atoms with Crippen LogP contribution in [0.2, 0.25) is 0 Å². The molecule has 2 heteroatoms. The molecular formula is C19H14N2. The summed E-state index contributed by atoms with van der Waals surface area (Å²) in [7, 11) is 0. The molecule has 0 saturated heterocycles. The lowest BCUT2D eigenvalue weighted by Crippen LogP contribution is -1.98. The van der Waals surface area contributed by atoms with Crippen LogP contribution in [-0.4, -0.2) is 6.21 Å². The summed E-state index contributed by atoms with van der Waals surface area (Å²) in [5.74, 6) is 0. The number of hydrogen-bond donors (Lipinski definition) is 1. The second kappa shape index (κ2) is 4.91. The van der Waals surface area contributed by atoms with Crippen LogP contribution in [0.3, 0.4) is 0 Å². The molecule has 1 heterocycles. The standard InChI is InChI=1S/C19H14N2/c1-2-6-15-13-16(10-9-14(15)5-1)17-11-12-20-18-7-3-4-8-19(18)21-17/h1-13,21H. The Morgan fingerprint density at radius 3 is 2.52 bits per heavy atom. The molecule has 3 aromatic rings. The van der Waals surface area contributed by atoms with Gasteiger partial charge in [0.25, 0.3) is 0 Å². The Labute approximate surface area is 123 Å². The second-order valence-electron chi connectivity index (χ2n) is 5.06. The third kappa shape index (κ3) is 2.21. The highest BCUT2D eigenvalue weighted by atomic mass is 14.9. The van der Waals surface area contributed by atoms with E-state index in [1.54, 1.807) is 0 Å². The van der Waals surface area contributed by atoms with Gasteiger partial charge in [-0.15, -0.1) is 0 Å². The summed E-state index contributed by atoms with van der Waals surface area (Å²) in [5.41, 5.74) is 4.22. The SMILES string of the molecule is C1=Nc2ccccc2NC(c2ccc3ccccc3c2)=C1. The van der Waals surface area contributed by atoms with Crippen LogP contribution in [0.4, 0.5) is 11.4 Å². The van der Waals surface area contributed by atoms with Gasteiger partial charge in [-0.05, 0) is 40.6 Å². The fourth-order valence-electron chi connectivity index (χ4n) is 2.60. The summed E-state index contributed by atoms with van der Waals surface area (Å²) in [4.78, 5) is 4.46. The first kappa shape index (κ1) is 11.9. The lowest BCUT2D eigenvalue weighted by molar-refractivity contribution is 1.51. The minimum absolute atomic E-state index is 0.963. The van der Waals surface area contributed by atoms with Gasteiger partial charge < -0.3 is 5.32 Å². The van der Waals surface area contributed by atoms with Gasteiger partial charge in [0.1, 0.15) is 0 Å². The van der Waals surface area contributed by atoms with E-state index in [9.17, 15) is 0 Å². The van der Waals surface area contributed by atoms with Crippen molar-refractivity contribution in [1.82, 2.24) is 0 Å². The molecule has 0 bridgehead atoms. The average molecular weight is 270 g/mol. The number of benzene rings is 3. The number of allylic oxidation sites excluding steroid dienone is 1. The van der Waals surface area contributed by atoms with Gasteiger partial charge in [-0.3, -0.25) is 4.99 Å². The van der Waals surface area contributed by atoms with Crippen molar-refractivity contribution in [3.05, 3.63) is 78.4 Å². The van der Waals surface area contributed by atoms with Crippen molar-refractivity contribution < 1.29 is 0 Å². The van der Waals surface area contributed by atoms with E-state index in [1.165, 1.54) is 10.8 Å². The van der Waals surface area contributed by atoms with Crippen LogP contribution in [0.5, 0.6) is 0 Å². The maximum absolute atomic E-state index is 4.46. The van der Waals surface area contributed by atoms with Gasteiger partial charge >= 0.3 is 0 Å². The zero-order valence-corrected chi connectivity index (χ0v) is 11.5. The summed E-state index contributed by atoms with van der Waals surface area (Å²) in [6.07, 6.45) is 3.87. The third-order valence-corrected chi connectivity index (χ3v) is 3.69. The number of anilines is 1. The van der Waals surface area contributed by atoms with E-state index in [0.717, 1.165) is 22.6 Å². The van der Waals surface area contributed by atoms with Crippen molar-refractivity contribution in [3.8, 4) is 0 Å². The molecule has 0 aliphatic carbocycles. The molecule has 1 aliphatic heterocycles. The molecule has 21 heavy (non-hydrogen) atoms. The van der Waals surface area contributed by atoms with E-state index >= 15 is 0 Å². The molecule has 0 radical (unpaired) electrons. The van der Waals surface area contributed by atoms with Gasteiger partial charge in [-0.2, -0.15) is 0 Å². The van der Waals surface area contributed by atoms with Crippen molar-refractivity contribution in [2.75, 3.05) is 5.32 Å². The van der Waals surface area contributed by atoms with Crippen molar-refractivity contribution in [2.24, 2.45) is 4.99 Å². The molecule has 0 fully saturated rings. The van der Waals surface area contributed by atoms with Gasteiger partial charge in [-0.1, -0.05) is 48.5 Å². The summed E-state index contributed by atoms with van der Waals surface area (Å²) >= 11 is 0. The number of nitrogens with zero attached hydrogens (tertiary/aromatic N) is 1. The molecule has 2 nitrogen and oxygen atoms in total. The number of fused-ring (bicyclic) bond motifs is 2. The molecule has 1 N–H and O–H groups in total. The minimum atomic E-state index is 0.963. The first-order valence-electron chi connectivity index (χ1n) is 7.00. The highest BCUT2D eigenvalue weighted by molar-refractivity contribution is 5.97. The fourth-order valence-corrected chi connectivity index (χ4v) is 2.60. The molecule has 0 aromatic heterocycles. The number of hydrogen-bond acceptors (Lipinski definition) is 2. The predicted octanol–water partition coefficient (Wildman–Crippen LogP) is 5.01. The highest BCUT2D eigenvalue weighted by Gasteiger charge is 2.08. The Morgan fingerprint density at radius 2 is 1.57 bits per heavy atom. The van der Waals surface area contributed by atoms with E-state index in [2.05, 4.69) is 52.8 Å². The van der Waals surface area contributed by atoms with Gasteiger partial charge in [-0.25, -0.2) is 0 Å². The Bertz CT molecular complexity index is 875. The quantitative estimate of drug-likeness (QED) is 0.660. The predicted molar refractivity (Wildman–Crippen MR) is 90.1 cm³/mol. The molecular weight excluding hydrogens is 256 g/mol. The largest absolute Gasteiger partial charge is 0.353 e. The van der Waals surface area contributed by atoms with Gasteiger partial charge in [0.15, 0.2) is 0 Å². The lowest BCUT2D eigenvalue weighted by Gasteiger charge is -2.12. The lowest BCUT2D eigenvalue weighted by atomic mass is 10.0. The number of nitrogens with one attached hydrogen (secondary N) is 1. The molecule has 1 aliphatic rings. The minimum Gasteiger partial charge on any atom is -0.353 e. The zero-order chi connectivity index (χ0) is 14.1. The van der Waals surface area contributed by atoms with Crippen LogP contribution in [0.25, 0.3) is 16.5 Å². The number of aliphatic imine (C=N–C) groups is 1. The number of rotatable bonds is 1. The Kier molecular flexibility index (Phi) is 2.79. The Balaban J connectivity index is 1.79. The van der Waals surface area contributed by atoms with Gasteiger partial charge in [0.2, 0.25) is 0 Å². The smallest absolute Gasteiger partial charge is 0.0864 e. The molecule has 4 rings (SSSR count). The van der Waals surface area contributed by atoms with Crippen molar-refractivity contribution >= 4 is 34.1 Å². The van der Waals surface area contributed by atoms with E-state index < -0.39 is 0 Å². The fraction of sp³-hybridized carbons (Fsp3) is 0. The molecule has 0 spiro atoms. The zero-order valence-electron chi connectivity index (χ0n) is 11.5. The molecule has 100 valence electrons. The summed E-state index contributed by atoms with van der Waals surface area (Å²) in [6.45, 7) is 0. The average Bonchev–Trinajstić information content (AvgIpc) is 2.76. The third-order valence-electron chi connectivity index (χ3n) is 3.69. The van der Waals surface area contributed by atoms with Crippen molar-refractivity contribution in [2.45, 2.75) is 0 Å². The second-order valence-corrected chi connectivity index (χ2v) is 5.06. The van der Waals surface area contributed by atoms with Gasteiger partial charge in [0, 0.05) is 11.9 Å². The maximum atomic E-state index is 4.46. The van der Waals surface area contributed by atoms with Gasteiger partial charge in [0.05, 0.1) is 11.4 Å². The van der Waals surface area contributed by atoms with E-state index in [0.29, 0.717) is 0 Å².